The number of halogens is 2. The first-order valence-electron chi connectivity index (χ1n) is 6.45. The molecule has 1 aromatic heterocycles. The standard InChI is InChI=1S/C15H16F2N2S/c1-2-6-18-12-5-7-19-13(9-12)10-20-15-8-11(16)3-4-14(15)17/h3-5,7-9H,2,6,10H2,1H3,(H,18,19). The molecule has 2 nitrogen and oxygen atoms in total. The highest BCUT2D eigenvalue weighted by atomic mass is 32.2. The first kappa shape index (κ1) is 14.8. The Balaban J connectivity index is 2.01. The molecule has 2 aromatic rings. The fourth-order valence-corrected chi connectivity index (χ4v) is 2.54. The SMILES string of the molecule is CCCNc1ccnc(CSc2cc(F)ccc2F)c1. The molecule has 106 valence electrons. The molecule has 0 aliphatic heterocycles. The molecule has 0 saturated carbocycles. The third-order valence-corrected chi connectivity index (χ3v) is 3.73. The van der Waals surface area contributed by atoms with Gasteiger partial charge in [0.15, 0.2) is 0 Å². The lowest BCUT2D eigenvalue weighted by Crippen LogP contribution is -2.00. The van der Waals surface area contributed by atoms with E-state index in [1.54, 1.807) is 6.20 Å². The van der Waals surface area contributed by atoms with Gasteiger partial charge in [-0.1, -0.05) is 6.92 Å². The van der Waals surface area contributed by atoms with Crippen LogP contribution in [0, 0.1) is 11.6 Å². The first-order valence-corrected chi connectivity index (χ1v) is 7.44. The summed E-state index contributed by atoms with van der Waals surface area (Å²) in [4.78, 5) is 4.54. The molecular formula is C15H16F2N2S. The Bertz CT molecular complexity index is 576. The zero-order chi connectivity index (χ0) is 14.4. The molecule has 0 radical (unpaired) electrons. The number of aromatic nitrogens is 1. The van der Waals surface area contributed by atoms with Crippen LogP contribution in [0.1, 0.15) is 19.0 Å². The summed E-state index contributed by atoms with van der Waals surface area (Å²) in [6, 6.07) is 7.29. The van der Waals surface area contributed by atoms with Gasteiger partial charge in [0.2, 0.25) is 0 Å². The van der Waals surface area contributed by atoms with Crippen molar-refractivity contribution in [3.8, 4) is 0 Å². The molecular weight excluding hydrogens is 278 g/mol. The average molecular weight is 294 g/mol. The Morgan fingerprint density at radius 2 is 2.05 bits per heavy atom. The summed E-state index contributed by atoms with van der Waals surface area (Å²) >= 11 is 1.24. The van der Waals surface area contributed by atoms with Crippen LogP contribution in [-0.2, 0) is 5.75 Å². The second kappa shape index (κ2) is 7.24. The van der Waals surface area contributed by atoms with Crippen LogP contribution in [0.3, 0.4) is 0 Å². The maximum absolute atomic E-state index is 13.5. The van der Waals surface area contributed by atoms with Crippen molar-refractivity contribution >= 4 is 17.4 Å². The quantitative estimate of drug-likeness (QED) is 0.795. The fourth-order valence-electron chi connectivity index (χ4n) is 1.68. The minimum atomic E-state index is -0.430. The van der Waals surface area contributed by atoms with E-state index in [1.807, 2.05) is 12.1 Å². The van der Waals surface area contributed by atoms with Crippen LogP contribution in [-0.4, -0.2) is 11.5 Å². The van der Waals surface area contributed by atoms with Crippen molar-refractivity contribution in [1.29, 1.82) is 0 Å². The van der Waals surface area contributed by atoms with Gasteiger partial charge in [-0.2, -0.15) is 0 Å². The Hall–Kier alpha value is -1.62. The van der Waals surface area contributed by atoms with Crippen molar-refractivity contribution in [3.63, 3.8) is 0 Å². The van der Waals surface area contributed by atoms with Gasteiger partial charge in [0.05, 0.1) is 5.69 Å². The highest BCUT2D eigenvalue weighted by Gasteiger charge is 2.06. The maximum Gasteiger partial charge on any atom is 0.136 e. The van der Waals surface area contributed by atoms with Gasteiger partial charge in [0.25, 0.3) is 0 Å². The zero-order valence-electron chi connectivity index (χ0n) is 11.2. The number of hydrogen-bond acceptors (Lipinski definition) is 3. The number of rotatable bonds is 6. The summed E-state index contributed by atoms with van der Waals surface area (Å²) in [5, 5.41) is 3.27. The summed E-state index contributed by atoms with van der Waals surface area (Å²) in [7, 11) is 0. The Morgan fingerprint density at radius 3 is 2.85 bits per heavy atom. The van der Waals surface area contributed by atoms with Gasteiger partial charge in [-0.3, -0.25) is 4.98 Å². The fraction of sp³-hybridized carbons (Fsp3) is 0.267. The third-order valence-electron chi connectivity index (χ3n) is 2.66. The van der Waals surface area contributed by atoms with E-state index in [1.165, 1.54) is 17.8 Å². The normalized spacial score (nSPS) is 10.6. The molecule has 1 aromatic carbocycles. The van der Waals surface area contributed by atoms with Crippen LogP contribution >= 0.6 is 11.8 Å². The molecule has 0 unspecified atom stereocenters. The number of benzene rings is 1. The molecule has 0 fully saturated rings. The van der Waals surface area contributed by atoms with Crippen LogP contribution < -0.4 is 5.32 Å². The summed E-state index contributed by atoms with van der Waals surface area (Å²) in [5.41, 5.74) is 1.83. The van der Waals surface area contributed by atoms with Gasteiger partial charge in [0, 0.05) is 29.1 Å². The minimum Gasteiger partial charge on any atom is -0.385 e. The number of nitrogens with one attached hydrogen (secondary N) is 1. The molecule has 0 spiro atoms. The van der Waals surface area contributed by atoms with E-state index in [0.29, 0.717) is 10.6 Å². The van der Waals surface area contributed by atoms with Crippen molar-refractivity contribution in [2.45, 2.75) is 24.0 Å². The van der Waals surface area contributed by atoms with Crippen LogP contribution in [0.15, 0.2) is 41.4 Å². The van der Waals surface area contributed by atoms with E-state index >= 15 is 0 Å². The van der Waals surface area contributed by atoms with Gasteiger partial charge in [0.1, 0.15) is 11.6 Å². The van der Waals surface area contributed by atoms with Crippen molar-refractivity contribution in [1.82, 2.24) is 4.98 Å². The van der Waals surface area contributed by atoms with E-state index in [4.69, 9.17) is 0 Å². The van der Waals surface area contributed by atoms with Gasteiger partial charge in [-0.15, -0.1) is 11.8 Å². The van der Waals surface area contributed by atoms with Crippen LogP contribution in [0.2, 0.25) is 0 Å². The summed E-state index contributed by atoms with van der Waals surface area (Å²) in [6.45, 7) is 2.99. The number of anilines is 1. The summed E-state index contributed by atoms with van der Waals surface area (Å²) in [5.74, 6) is -0.334. The van der Waals surface area contributed by atoms with Crippen LogP contribution in [0.5, 0.6) is 0 Å². The van der Waals surface area contributed by atoms with Crippen LogP contribution in [0.4, 0.5) is 14.5 Å². The summed E-state index contributed by atoms with van der Waals surface area (Å²) < 4.78 is 26.6. The number of hydrogen-bond donors (Lipinski definition) is 1. The van der Waals surface area contributed by atoms with E-state index in [9.17, 15) is 8.78 Å². The lowest BCUT2D eigenvalue weighted by Gasteiger charge is -2.07. The average Bonchev–Trinajstić information content (AvgIpc) is 2.46. The van der Waals surface area contributed by atoms with E-state index in [2.05, 4.69) is 17.2 Å². The zero-order valence-corrected chi connectivity index (χ0v) is 12.0. The molecule has 1 N–H and O–H groups in total. The second-order valence-electron chi connectivity index (χ2n) is 4.33. The first-order chi connectivity index (χ1) is 9.69. The molecule has 1 heterocycles. The van der Waals surface area contributed by atoms with E-state index in [0.717, 1.165) is 36.5 Å². The minimum absolute atomic E-state index is 0.304. The highest BCUT2D eigenvalue weighted by molar-refractivity contribution is 7.98. The Morgan fingerprint density at radius 1 is 1.20 bits per heavy atom. The lowest BCUT2D eigenvalue weighted by atomic mass is 10.3. The van der Waals surface area contributed by atoms with E-state index in [-0.39, 0.29) is 0 Å². The molecule has 0 amide bonds. The van der Waals surface area contributed by atoms with Crippen molar-refractivity contribution in [2.24, 2.45) is 0 Å². The maximum atomic E-state index is 13.5. The lowest BCUT2D eigenvalue weighted by molar-refractivity contribution is 0.577. The van der Waals surface area contributed by atoms with Crippen LogP contribution in [0.25, 0.3) is 0 Å². The van der Waals surface area contributed by atoms with Crippen molar-refractivity contribution < 1.29 is 8.78 Å². The molecule has 2 rings (SSSR count). The van der Waals surface area contributed by atoms with Gasteiger partial charge in [-0.05, 0) is 36.8 Å². The molecule has 0 saturated heterocycles. The second-order valence-corrected chi connectivity index (χ2v) is 5.34. The van der Waals surface area contributed by atoms with Gasteiger partial charge in [-0.25, -0.2) is 8.78 Å². The predicted molar refractivity (Wildman–Crippen MR) is 78.9 cm³/mol. The highest BCUT2D eigenvalue weighted by Crippen LogP contribution is 2.26. The Kier molecular flexibility index (Phi) is 5.35. The third kappa shape index (κ3) is 4.20. The van der Waals surface area contributed by atoms with Crippen molar-refractivity contribution in [3.05, 3.63) is 53.9 Å². The molecule has 5 heteroatoms. The predicted octanol–water partition coefficient (Wildman–Crippen LogP) is 4.47. The van der Waals surface area contributed by atoms with Gasteiger partial charge < -0.3 is 5.32 Å². The van der Waals surface area contributed by atoms with E-state index < -0.39 is 11.6 Å². The van der Waals surface area contributed by atoms with Crippen molar-refractivity contribution in [2.75, 3.05) is 11.9 Å². The monoisotopic (exact) mass is 294 g/mol. The Labute approximate surface area is 121 Å². The number of pyridine rings is 1. The summed E-state index contributed by atoms with van der Waals surface area (Å²) in [6.07, 6.45) is 2.76. The molecule has 0 bridgehead atoms. The molecule has 0 aliphatic rings. The largest absolute Gasteiger partial charge is 0.385 e. The molecule has 0 atom stereocenters. The molecule has 20 heavy (non-hydrogen) atoms. The smallest absolute Gasteiger partial charge is 0.136 e. The molecule has 0 aliphatic carbocycles. The number of nitrogens with zero attached hydrogens (tertiary/aromatic N) is 1. The topological polar surface area (TPSA) is 24.9 Å². The number of thioether (sulfide) groups is 1. The van der Waals surface area contributed by atoms with Gasteiger partial charge >= 0.3 is 0 Å².